The maximum atomic E-state index is 4.06. The van der Waals surface area contributed by atoms with Crippen LogP contribution in [-0.4, -0.2) is 6.71 Å². The van der Waals surface area contributed by atoms with Gasteiger partial charge in [-0.25, -0.2) is 0 Å². The first-order valence-electron chi connectivity index (χ1n) is 19.5. The third-order valence-corrected chi connectivity index (χ3v) is 14.7. The third-order valence-electron chi connectivity index (χ3n) is 13.5. The summed E-state index contributed by atoms with van der Waals surface area (Å²) in [5.74, 6) is 0.574. The number of benzene rings is 5. The molecule has 1 N–H and O–H groups in total. The number of hydrogen-bond donors (Lipinski definition) is 1. The van der Waals surface area contributed by atoms with E-state index in [-0.39, 0.29) is 23.0 Å². The molecule has 1 aromatic heterocycles. The van der Waals surface area contributed by atoms with E-state index in [1.165, 1.54) is 113 Å². The van der Waals surface area contributed by atoms with Crippen LogP contribution < -0.4 is 25.9 Å². The Morgan fingerprint density at radius 2 is 1.40 bits per heavy atom. The van der Waals surface area contributed by atoms with Crippen LogP contribution in [0.2, 0.25) is 0 Å². The molecule has 4 aliphatic rings. The van der Waals surface area contributed by atoms with Gasteiger partial charge < -0.3 is 10.2 Å². The molecule has 0 saturated carbocycles. The lowest BCUT2D eigenvalue weighted by molar-refractivity contribution is 0.332. The highest BCUT2D eigenvalue weighted by Crippen LogP contribution is 2.52. The molecule has 0 radical (unpaired) electrons. The summed E-state index contributed by atoms with van der Waals surface area (Å²) in [5, 5.41) is 5.46. The molecule has 2 aliphatic carbocycles. The lowest BCUT2D eigenvalue weighted by Crippen LogP contribution is -2.59. The molecule has 1 unspecified atom stereocenters. The number of nitrogens with one attached hydrogen (secondary N) is 1. The molecule has 0 saturated heterocycles. The van der Waals surface area contributed by atoms with Gasteiger partial charge in [0.15, 0.2) is 0 Å². The van der Waals surface area contributed by atoms with Crippen molar-refractivity contribution in [2.45, 2.75) is 103 Å². The number of rotatable bonds is 2. The van der Waals surface area contributed by atoms with Crippen molar-refractivity contribution in [1.82, 2.24) is 0 Å². The van der Waals surface area contributed by atoms with E-state index in [9.17, 15) is 0 Å². The average molecular weight is 697 g/mol. The summed E-state index contributed by atoms with van der Waals surface area (Å²) < 4.78 is 2.89. The number of thiophene rings is 1. The van der Waals surface area contributed by atoms with Crippen LogP contribution in [0.3, 0.4) is 0 Å². The fourth-order valence-electron chi connectivity index (χ4n) is 10.3. The molecule has 52 heavy (non-hydrogen) atoms. The van der Waals surface area contributed by atoms with Gasteiger partial charge in [0.1, 0.15) is 0 Å². The van der Waals surface area contributed by atoms with Crippen LogP contribution in [0.1, 0.15) is 108 Å². The van der Waals surface area contributed by atoms with Crippen LogP contribution in [-0.2, 0) is 16.2 Å². The van der Waals surface area contributed by atoms with Gasteiger partial charge in [-0.2, -0.15) is 0 Å². The number of hydrogen-bond acceptors (Lipinski definition) is 3. The highest BCUT2D eigenvalue weighted by molar-refractivity contribution is 7.33. The molecular weight excluding hydrogens is 647 g/mol. The quantitative estimate of drug-likeness (QED) is 0.181. The number of para-hydroxylation sites is 1. The summed E-state index contributed by atoms with van der Waals surface area (Å²) in [6.45, 7) is 19.6. The van der Waals surface area contributed by atoms with E-state index in [4.69, 9.17) is 0 Å². The van der Waals surface area contributed by atoms with Gasteiger partial charge in [0.25, 0.3) is 6.71 Å². The number of fused-ring (bicyclic) bond motifs is 8. The molecule has 2 nitrogen and oxygen atoms in total. The van der Waals surface area contributed by atoms with Crippen molar-refractivity contribution in [1.29, 1.82) is 0 Å². The molecular formula is C48H49BN2S. The lowest BCUT2D eigenvalue weighted by Gasteiger charge is -2.45. The van der Waals surface area contributed by atoms with Crippen molar-refractivity contribution >= 4 is 72.3 Å². The lowest BCUT2D eigenvalue weighted by atomic mass is 9.36. The molecule has 260 valence electrons. The van der Waals surface area contributed by atoms with Crippen LogP contribution in [0.5, 0.6) is 0 Å². The van der Waals surface area contributed by atoms with E-state index in [1.807, 2.05) is 11.3 Å². The van der Waals surface area contributed by atoms with E-state index < -0.39 is 0 Å². The molecule has 0 bridgehead atoms. The highest BCUT2D eigenvalue weighted by Gasteiger charge is 2.46. The monoisotopic (exact) mass is 696 g/mol. The SMILES string of the molecule is Cc1cc2c3c(c1)N(c1ccccc1-c1ccccc1)c1c(sc4cc5c(cc14)C(C)(C)CCC5C)B3c1cc3c(cc1N2)C(C)(C)CCC3(C)C. The standard InChI is InChI=1S/C48H49BN2S/c1-28-22-39-43-41(23-28)51(40-17-13-12-16-31(40)30-14-10-9-11-15-30)44-33-24-34-32(29(2)18-19-46(34,3)4)25-42(33)52-45(44)49(43)37-26-35-36(27-38(37)50-39)48(7,8)21-20-47(35,5)6/h9-17,22-27,29,50H,18-21H2,1-8H3. The maximum absolute atomic E-state index is 4.06. The van der Waals surface area contributed by atoms with E-state index in [2.05, 4.69) is 157 Å². The van der Waals surface area contributed by atoms with Crippen molar-refractivity contribution < 1.29 is 0 Å². The predicted molar refractivity (Wildman–Crippen MR) is 227 cm³/mol. The predicted octanol–water partition coefficient (Wildman–Crippen LogP) is 11.8. The topological polar surface area (TPSA) is 15.3 Å². The summed E-state index contributed by atoms with van der Waals surface area (Å²) >= 11 is 2.05. The summed E-state index contributed by atoms with van der Waals surface area (Å²) in [6.07, 6.45) is 4.90. The van der Waals surface area contributed by atoms with Gasteiger partial charge in [-0.3, -0.25) is 0 Å². The van der Waals surface area contributed by atoms with E-state index in [0.717, 1.165) is 0 Å². The number of nitrogens with zero attached hydrogens (tertiary/aromatic N) is 1. The molecule has 10 rings (SSSR count). The van der Waals surface area contributed by atoms with Crippen LogP contribution in [0.15, 0.2) is 91.0 Å². The first-order valence-corrected chi connectivity index (χ1v) is 20.3. The zero-order valence-corrected chi connectivity index (χ0v) is 32.8. The van der Waals surface area contributed by atoms with Crippen molar-refractivity contribution in [2.75, 3.05) is 10.2 Å². The summed E-state index contributed by atoms with van der Waals surface area (Å²) in [4.78, 5) is 2.66. The van der Waals surface area contributed by atoms with Gasteiger partial charge in [0.05, 0.1) is 11.4 Å². The van der Waals surface area contributed by atoms with Crippen LogP contribution in [0.25, 0.3) is 21.2 Å². The molecule has 0 spiro atoms. The fraction of sp³-hybridized carbons (Fsp3) is 0.333. The molecule has 3 heterocycles. The molecule has 6 aromatic rings. The summed E-state index contributed by atoms with van der Waals surface area (Å²) in [6, 6.07) is 35.3. The molecule has 1 atom stereocenters. The van der Waals surface area contributed by atoms with Crippen molar-refractivity contribution in [3.05, 3.63) is 119 Å². The van der Waals surface area contributed by atoms with Gasteiger partial charge in [-0.15, -0.1) is 11.3 Å². The smallest absolute Gasteiger partial charge is 0.264 e. The number of anilines is 5. The normalized spacial score (nSPS) is 20.0. The van der Waals surface area contributed by atoms with Gasteiger partial charge in [0, 0.05) is 37.5 Å². The Balaban J connectivity index is 1.32. The summed E-state index contributed by atoms with van der Waals surface area (Å²) in [7, 11) is 0. The average Bonchev–Trinajstić information content (AvgIpc) is 3.49. The van der Waals surface area contributed by atoms with E-state index in [1.54, 1.807) is 5.56 Å². The minimum Gasteiger partial charge on any atom is -0.356 e. The van der Waals surface area contributed by atoms with Gasteiger partial charge in [-0.05, 0) is 135 Å². The Hall–Kier alpha value is -4.28. The second kappa shape index (κ2) is 10.9. The molecule has 4 heteroatoms. The van der Waals surface area contributed by atoms with Gasteiger partial charge in [-0.1, -0.05) is 103 Å². The first-order chi connectivity index (χ1) is 24.8. The minimum atomic E-state index is 0.134. The van der Waals surface area contributed by atoms with Crippen LogP contribution >= 0.6 is 11.3 Å². The minimum absolute atomic E-state index is 0.134. The Kier molecular flexibility index (Phi) is 6.78. The van der Waals surface area contributed by atoms with E-state index >= 15 is 0 Å². The first kappa shape index (κ1) is 32.4. The van der Waals surface area contributed by atoms with Gasteiger partial charge in [0.2, 0.25) is 0 Å². The van der Waals surface area contributed by atoms with E-state index in [0.29, 0.717) is 5.92 Å². The molecule has 0 fully saturated rings. The molecule has 5 aromatic carbocycles. The Labute approximate surface area is 314 Å². The zero-order chi connectivity index (χ0) is 35.9. The van der Waals surface area contributed by atoms with Crippen molar-refractivity contribution in [3.8, 4) is 11.1 Å². The van der Waals surface area contributed by atoms with Crippen molar-refractivity contribution in [2.24, 2.45) is 0 Å². The second-order valence-corrected chi connectivity index (χ2v) is 19.4. The zero-order valence-electron chi connectivity index (χ0n) is 32.0. The van der Waals surface area contributed by atoms with Crippen molar-refractivity contribution in [3.63, 3.8) is 0 Å². The maximum Gasteiger partial charge on any atom is 0.264 e. The highest BCUT2D eigenvalue weighted by atomic mass is 32.1. The van der Waals surface area contributed by atoms with Crippen LogP contribution in [0, 0.1) is 6.92 Å². The molecule has 0 amide bonds. The number of aryl methyl sites for hydroxylation is 1. The third kappa shape index (κ3) is 4.55. The van der Waals surface area contributed by atoms with Crippen LogP contribution in [0.4, 0.5) is 28.4 Å². The largest absolute Gasteiger partial charge is 0.356 e. The molecule has 2 aliphatic heterocycles. The second-order valence-electron chi connectivity index (χ2n) is 18.3. The summed E-state index contributed by atoms with van der Waals surface area (Å²) in [5.41, 5.74) is 19.6. The Bertz CT molecular complexity index is 2470. The Morgan fingerprint density at radius 3 is 2.17 bits per heavy atom. The fourth-order valence-corrected chi connectivity index (χ4v) is 11.6. The Morgan fingerprint density at radius 1 is 0.712 bits per heavy atom. The van der Waals surface area contributed by atoms with Gasteiger partial charge >= 0.3 is 0 Å².